The van der Waals surface area contributed by atoms with Crippen LogP contribution >= 0.6 is 24.8 Å². The monoisotopic (exact) mass is 297 g/mol. The van der Waals surface area contributed by atoms with Crippen LogP contribution in [0.25, 0.3) is 0 Å². The molecule has 1 saturated heterocycles. The van der Waals surface area contributed by atoms with Crippen LogP contribution in [0.15, 0.2) is 0 Å². The molecule has 1 unspecified atom stereocenters. The minimum Gasteiger partial charge on any atom is -0.344 e. The smallest absolute Gasteiger partial charge is 0.242 e. The number of rotatable bonds is 3. The van der Waals surface area contributed by atoms with Crippen LogP contribution in [0.2, 0.25) is 0 Å². The highest BCUT2D eigenvalue weighted by Crippen LogP contribution is 2.34. The molecule has 2 aliphatic rings. The average molecular weight is 298 g/mol. The van der Waals surface area contributed by atoms with Crippen LogP contribution in [0.3, 0.4) is 0 Å². The van der Waals surface area contributed by atoms with E-state index in [9.17, 15) is 4.79 Å². The number of piperidine rings is 1. The molecule has 2 fully saturated rings. The number of halogens is 2. The molecule has 2 rings (SSSR count). The number of amides is 1. The van der Waals surface area contributed by atoms with E-state index in [0.717, 1.165) is 25.9 Å². The maximum Gasteiger partial charge on any atom is 0.242 e. The Morgan fingerprint density at radius 2 is 2.06 bits per heavy atom. The second-order valence-electron chi connectivity index (χ2n) is 5.61. The van der Waals surface area contributed by atoms with Crippen molar-refractivity contribution in [2.75, 3.05) is 33.7 Å². The fourth-order valence-electron chi connectivity index (χ4n) is 2.62. The third kappa shape index (κ3) is 4.26. The minimum atomic E-state index is -0.505. The van der Waals surface area contributed by atoms with Gasteiger partial charge >= 0.3 is 0 Å². The molecule has 108 valence electrons. The number of carbonyl (C=O) groups excluding carboxylic acids is 1. The van der Waals surface area contributed by atoms with Gasteiger partial charge in [0.1, 0.15) is 0 Å². The zero-order valence-corrected chi connectivity index (χ0v) is 12.9. The largest absolute Gasteiger partial charge is 0.344 e. The van der Waals surface area contributed by atoms with Gasteiger partial charge in [0.2, 0.25) is 5.91 Å². The van der Waals surface area contributed by atoms with E-state index in [1.165, 1.54) is 19.4 Å². The molecular formula is C12H25Cl2N3O. The van der Waals surface area contributed by atoms with Gasteiger partial charge in [0, 0.05) is 20.1 Å². The summed E-state index contributed by atoms with van der Waals surface area (Å²) in [6, 6.07) is 0. The first-order valence-electron chi connectivity index (χ1n) is 6.24. The molecule has 0 spiro atoms. The van der Waals surface area contributed by atoms with Crippen LogP contribution in [-0.2, 0) is 4.79 Å². The van der Waals surface area contributed by atoms with E-state index < -0.39 is 5.54 Å². The standard InChI is InChI=1S/C12H23N3O.2ClH/c1-14-7-3-4-10(8-14)9-15(2)11(16)12(13)5-6-12;;/h10H,3-9,13H2,1-2H3;2*1H. The molecule has 0 aromatic heterocycles. The Balaban J connectivity index is 0.00000144. The molecule has 1 aliphatic heterocycles. The van der Waals surface area contributed by atoms with E-state index in [1.807, 2.05) is 11.9 Å². The molecule has 1 amide bonds. The Morgan fingerprint density at radius 3 is 2.56 bits per heavy atom. The summed E-state index contributed by atoms with van der Waals surface area (Å²) in [5, 5.41) is 0. The lowest BCUT2D eigenvalue weighted by molar-refractivity contribution is -0.133. The molecular weight excluding hydrogens is 273 g/mol. The Hall–Kier alpha value is -0.0300. The molecule has 2 N–H and O–H groups in total. The topological polar surface area (TPSA) is 49.6 Å². The Kier molecular flexibility index (Phi) is 6.93. The Labute approximate surface area is 122 Å². The van der Waals surface area contributed by atoms with Gasteiger partial charge in [-0.25, -0.2) is 0 Å². The summed E-state index contributed by atoms with van der Waals surface area (Å²) >= 11 is 0. The average Bonchev–Trinajstić information content (AvgIpc) is 2.96. The van der Waals surface area contributed by atoms with Crippen LogP contribution in [0.1, 0.15) is 25.7 Å². The van der Waals surface area contributed by atoms with E-state index in [4.69, 9.17) is 5.73 Å². The normalized spacial score (nSPS) is 25.6. The van der Waals surface area contributed by atoms with Crippen LogP contribution < -0.4 is 5.73 Å². The summed E-state index contributed by atoms with van der Waals surface area (Å²) in [6.07, 6.45) is 4.21. The first-order chi connectivity index (χ1) is 7.51. The van der Waals surface area contributed by atoms with E-state index in [-0.39, 0.29) is 30.7 Å². The fraction of sp³-hybridized carbons (Fsp3) is 0.917. The van der Waals surface area contributed by atoms with E-state index in [0.29, 0.717) is 5.92 Å². The van der Waals surface area contributed by atoms with Crippen molar-refractivity contribution in [3.8, 4) is 0 Å². The number of nitrogens with two attached hydrogens (primary N) is 1. The highest BCUT2D eigenvalue weighted by molar-refractivity contribution is 5.88. The third-order valence-corrected chi connectivity index (χ3v) is 3.82. The number of likely N-dealkylation sites (N-methyl/N-ethyl adjacent to an activating group) is 1. The van der Waals surface area contributed by atoms with E-state index >= 15 is 0 Å². The van der Waals surface area contributed by atoms with E-state index in [2.05, 4.69) is 11.9 Å². The Bertz CT molecular complexity index is 284. The molecule has 18 heavy (non-hydrogen) atoms. The second kappa shape index (κ2) is 6.94. The predicted molar refractivity (Wildman–Crippen MR) is 78.5 cm³/mol. The quantitative estimate of drug-likeness (QED) is 0.849. The number of hydrogen-bond acceptors (Lipinski definition) is 3. The molecule has 1 atom stereocenters. The third-order valence-electron chi connectivity index (χ3n) is 3.82. The molecule has 0 aromatic carbocycles. The van der Waals surface area contributed by atoms with E-state index in [1.54, 1.807) is 0 Å². The van der Waals surface area contributed by atoms with Crippen molar-refractivity contribution < 1.29 is 4.79 Å². The SMILES string of the molecule is CN1CCCC(CN(C)C(=O)C2(N)CC2)C1.Cl.Cl. The van der Waals surface area contributed by atoms with Crippen molar-refractivity contribution >= 4 is 30.7 Å². The number of carbonyl (C=O) groups is 1. The number of hydrogen-bond donors (Lipinski definition) is 1. The summed E-state index contributed by atoms with van der Waals surface area (Å²) < 4.78 is 0. The summed E-state index contributed by atoms with van der Waals surface area (Å²) in [7, 11) is 4.04. The molecule has 0 bridgehead atoms. The van der Waals surface area contributed by atoms with Crippen LogP contribution in [0.5, 0.6) is 0 Å². The van der Waals surface area contributed by atoms with Crippen molar-refractivity contribution in [2.24, 2.45) is 11.7 Å². The molecule has 1 aliphatic carbocycles. The fourth-order valence-corrected chi connectivity index (χ4v) is 2.62. The van der Waals surface area contributed by atoms with Gasteiger partial charge in [-0.2, -0.15) is 0 Å². The van der Waals surface area contributed by atoms with Crippen LogP contribution in [0.4, 0.5) is 0 Å². The maximum absolute atomic E-state index is 12.0. The zero-order chi connectivity index (χ0) is 11.8. The first-order valence-corrected chi connectivity index (χ1v) is 6.24. The molecule has 4 nitrogen and oxygen atoms in total. The highest BCUT2D eigenvalue weighted by Gasteiger charge is 2.47. The molecule has 1 heterocycles. The zero-order valence-electron chi connectivity index (χ0n) is 11.2. The highest BCUT2D eigenvalue weighted by atomic mass is 35.5. The van der Waals surface area contributed by atoms with Crippen molar-refractivity contribution in [3.63, 3.8) is 0 Å². The minimum absolute atomic E-state index is 0. The van der Waals surface area contributed by atoms with Gasteiger partial charge in [0.15, 0.2) is 0 Å². The van der Waals surface area contributed by atoms with Crippen molar-refractivity contribution in [1.29, 1.82) is 0 Å². The molecule has 6 heteroatoms. The second-order valence-corrected chi connectivity index (χ2v) is 5.61. The van der Waals surface area contributed by atoms with Gasteiger partial charge < -0.3 is 15.5 Å². The lowest BCUT2D eigenvalue weighted by Crippen LogP contribution is -2.47. The lowest BCUT2D eigenvalue weighted by Gasteiger charge is -2.33. The molecule has 1 saturated carbocycles. The van der Waals surface area contributed by atoms with Gasteiger partial charge in [-0.05, 0) is 45.2 Å². The van der Waals surface area contributed by atoms with Crippen LogP contribution in [-0.4, -0.2) is 55.0 Å². The van der Waals surface area contributed by atoms with Gasteiger partial charge in [0.05, 0.1) is 5.54 Å². The van der Waals surface area contributed by atoms with Gasteiger partial charge in [-0.15, -0.1) is 24.8 Å². The Morgan fingerprint density at radius 1 is 1.44 bits per heavy atom. The number of nitrogens with zero attached hydrogens (tertiary/aromatic N) is 2. The van der Waals surface area contributed by atoms with Crippen molar-refractivity contribution in [2.45, 2.75) is 31.2 Å². The van der Waals surface area contributed by atoms with Crippen LogP contribution in [0, 0.1) is 5.92 Å². The van der Waals surface area contributed by atoms with Crippen molar-refractivity contribution in [3.05, 3.63) is 0 Å². The molecule has 0 aromatic rings. The molecule has 0 radical (unpaired) electrons. The summed E-state index contributed by atoms with van der Waals surface area (Å²) in [5.41, 5.74) is 5.42. The summed E-state index contributed by atoms with van der Waals surface area (Å²) in [4.78, 5) is 16.2. The van der Waals surface area contributed by atoms with Gasteiger partial charge in [-0.1, -0.05) is 0 Å². The predicted octanol–water partition coefficient (Wildman–Crippen LogP) is 1.12. The summed E-state index contributed by atoms with van der Waals surface area (Å²) in [5.74, 6) is 0.760. The van der Waals surface area contributed by atoms with Crippen molar-refractivity contribution in [1.82, 2.24) is 9.80 Å². The lowest BCUT2D eigenvalue weighted by atomic mass is 9.98. The van der Waals surface area contributed by atoms with Gasteiger partial charge in [-0.3, -0.25) is 4.79 Å². The first kappa shape index (κ1) is 18.0. The number of likely N-dealkylation sites (tertiary alicyclic amines) is 1. The summed E-state index contributed by atoms with van der Waals surface area (Å²) in [6.45, 7) is 3.16. The maximum atomic E-state index is 12.0. The van der Waals surface area contributed by atoms with Gasteiger partial charge in [0.25, 0.3) is 0 Å².